The van der Waals surface area contributed by atoms with Crippen molar-refractivity contribution in [2.24, 2.45) is 16.2 Å². The predicted octanol–water partition coefficient (Wildman–Crippen LogP) is 5.41. The number of hydrogen-bond donors (Lipinski definition) is 0. The van der Waals surface area contributed by atoms with Gasteiger partial charge in [-0.05, 0) is 20.8 Å². The lowest BCUT2D eigenvalue weighted by Gasteiger charge is -2.22. The molecule has 0 rings (SSSR count). The lowest BCUT2D eigenvalue weighted by molar-refractivity contribution is -0.135. The summed E-state index contributed by atoms with van der Waals surface area (Å²) in [6.45, 7) is 23.1. The minimum atomic E-state index is -0.321. The van der Waals surface area contributed by atoms with Crippen LogP contribution >= 0.6 is 0 Å². The molecule has 0 unspecified atom stereocenters. The van der Waals surface area contributed by atoms with E-state index >= 15 is 0 Å². The molecular weight excluding hydrogens is 328 g/mol. The molecular formula is C22H42O4. The first kappa shape index (κ1) is 27.2. The minimum Gasteiger partial charge on any atom is -0.368 e. The van der Waals surface area contributed by atoms with Crippen LogP contribution in [0.4, 0.5) is 0 Å². The van der Waals surface area contributed by atoms with Gasteiger partial charge in [0.15, 0.2) is 5.78 Å². The van der Waals surface area contributed by atoms with E-state index in [1.807, 2.05) is 83.1 Å². The zero-order chi connectivity index (χ0) is 21.6. The fourth-order valence-electron chi connectivity index (χ4n) is 1.48. The summed E-state index contributed by atoms with van der Waals surface area (Å²) in [6, 6.07) is 0. The van der Waals surface area contributed by atoms with Gasteiger partial charge in [0.1, 0.15) is 18.2 Å². The Balaban J connectivity index is 0. The van der Waals surface area contributed by atoms with Gasteiger partial charge in [-0.25, -0.2) is 0 Å². The Labute approximate surface area is 161 Å². The van der Waals surface area contributed by atoms with Gasteiger partial charge >= 0.3 is 0 Å². The molecule has 0 N–H and O–H groups in total. The molecule has 0 spiro atoms. The van der Waals surface area contributed by atoms with E-state index < -0.39 is 0 Å². The van der Waals surface area contributed by atoms with E-state index in [-0.39, 0.29) is 45.8 Å². The molecule has 0 aliphatic heterocycles. The van der Waals surface area contributed by atoms with Gasteiger partial charge in [-0.1, -0.05) is 62.3 Å². The van der Waals surface area contributed by atoms with Gasteiger partial charge in [0.2, 0.25) is 0 Å². The number of hydrogen-bond acceptors (Lipinski definition) is 4. The fourth-order valence-corrected chi connectivity index (χ4v) is 1.48. The number of ketones is 3. The van der Waals surface area contributed by atoms with Crippen LogP contribution in [0.15, 0.2) is 0 Å². The van der Waals surface area contributed by atoms with Crippen LogP contribution in [0.5, 0.6) is 0 Å². The van der Waals surface area contributed by atoms with Gasteiger partial charge in [-0.2, -0.15) is 0 Å². The molecule has 0 aromatic carbocycles. The quantitative estimate of drug-likeness (QED) is 0.649. The van der Waals surface area contributed by atoms with Crippen LogP contribution in [0, 0.1) is 16.2 Å². The summed E-state index contributed by atoms with van der Waals surface area (Å²) in [4.78, 5) is 34.5. The second kappa shape index (κ2) is 9.77. The van der Waals surface area contributed by atoms with Crippen molar-refractivity contribution < 1.29 is 19.1 Å². The molecule has 0 bridgehead atoms. The van der Waals surface area contributed by atoms with E-state index in [4.69, 9.17) is 4.74 Å². The van der Waals surface area contributed by atoms with E-state index in [0.29, 0.717) is 12.8 Å². The van der Waals surface area contributed by atoms with Gasteiger partial charge in [0.05, 0.1) is 5.60 Å². The van der Waals surface area contributed by atoms with E-state index in [9.17, 15) is 14.4 Å². The molecule has 0 amide bonds. The number of ether oxygens (including phenoxy) is 1. The largest absolute Gasteiger partial charge is 0.368 e. The third-order valence-electron chi connectivity index (χ3n) is 3.72. The van der Waals surface area contributed by atoms with Crippen molar-refractivity contribution in [2.75, 3.05) is 6.61 Å². The van der Waals surface area contributed by atoms with Gasteiger partial charge in [-0.15, -0.1) is 0 Å². The highest BCUT2D eigenvalue weighted by atomic mass is 16.5. The van der Waals surface area contributed by atoms with Gasteiger partial charge in [-0.3, -0.25) is 14.4 Å². The average molecular weight is 371 g/mol. The van der Waals surface area contributed by atoms with Crippen molar-refractivity contribution in [1.82, 2.24) is 0 Å². The monoisotopic (exact) mass is 370 g/mol. The lowest BCUT2D eigenvalue weighted by Crippen LogP contribution is -2.30. The van der Waals surface area contributed by atoms with Crippen LogP contribution in [0.3, 0.4) is 0 Å². The molecule has 0 heterocycles. The highest BCUT2D eigenvalue weighted by Crippen LogP contribution is 2.22. The van der Waals surface area contributed by atoms with Crippen molar-refractivity contribution in [3.05, 3.63) is 0 Å². The summed E-state index contributed by atoms with van der Waals surface area (Å²) in [7, 11) is 0. The van der Waals surface area contributed by atoms with Crippen LogP contribution < -0.4 is 0 Å². The molecule has 0 radical (unpaired) electrons. The SMILES string of the molecule is CC(C)(C)C(=O)CCC(=O)C(C)(C)C.CC(C)(C)OCC(=O)C(C)(C)C. The first-order valence-electron chi connectivity index (χ1n) is 9.42. The van der Waals surface area contributed by atoms with Crippen LogP contribution in [0.2, 0.25) is 0 Å². The first-order valence-corrected chi connectivity index (χ1v) is 9.42. The smallest absolute Gasteiger partial charge is 0.163 e. The van der Waals surface area contributed by atoms with Crippen molar-refractivity contribution in [2.45, 2.75) is 102 Å². The standard InChI is InChI=1S/C12H22O2.C10H20O2/c1-11(2,3)9(13)7-8-10(14)12(4,5)6;1-9(2,3)8(11)7-12-10(4,5)6/h7-8H2,1-6H3;7H2,1-6H3. The second-order valence-corrected chi connectivity index (χ2v) is 10.9. The topological polar surface area (TPSA) is 60.4 Å². The number of rotatable bonds is 5. The molecule has 0 aliphatic carbocycles. The Kier molecular flexibility index (Phi) is 10.2. The lowest BCUT2D eigenvalue weighted by atomic mass is 9.83. The molecule has 154 valence electrons. The maximum atomic E-state index is 11.5. The van der Waals surface area contributed by atoms with Crippen LogP contribution in [0.1, 0.15) is 95.9 Å². The Morgan fingerprint density at radius 2 is 0.808 bits per heavy atom. The molecule has 0 saturated heterocycles. The Hall–Kier alpha value is -1.03. The predicted molar refractivity (Wildman–Crippen MR) is 108 cm³/mol. The summed E-state index contributed by atoms with van der Waals surface area (Å²) >= 11 is 0. The van der Waals surface area contributed by atoms with E-state index in [2.05, 4.69) is 0 Å². The number of carbonyl (C=O) groups excluding carboxylic acids is 3. The van der Waals surface area contributed by atoms with Crippen molar-refractivity contribution in [1.29, 1.82) is 0 Å². The summed E-state index contributed by atoms with van der Waals surface area (Å²) in [5.74, 6) is 0.475. The zero-order valence-corrected chi connectivity index (χ0v) is 19.3. The zero-order valence-electron chi connectivity index (χ0n) is 19.3. The molecule has 26 heavy (non-hydrogen) atoms. The molecule has 0 aromatic rings. The molecule has 4 heteroatoms. The van der Waals surface area contributed by atoms with Crippen LogP contribution in [-0.2, 0) is 19.1 Å². The van der Waals surface area contributed by atoms with Gasteiger partial charge in [0.25, 0.3) is 0 Å². The minimum absolute atomic E-state index is 0.150. The molecule has 0 aromatic heterocycles. The van der Waals surface area contributed by atoms with E-state index in [1.54, 1.807) is 0 Å². The Morgan fingerprint density at radius 1 is 0.538 bits per heavy atom. The van der Waals surface area contributed by atoms with Crippen LogP contribution in [-0.4, -0.2) is 29.6 Å². The Morgan fingerprint density at radius 3 is 1.00 bits per heavy atom. The second-order valence-electron chi connectivity index (χ2n) is 10.9. The average Bonchev–Trinajstić information content (AvgIpc) is 2.38. The number of carbonyl (C=O) groups is 3. The highest BCUT2D eigenvalue weighted by Gasteiger charge is 2.25. The van der Waals surface area contributed by atoms with Gasteiger partial charge in [0, 0.05) is 29.1 Å². The summed E-state index contributed by atoms with van der Waals surface area (Å²) < 4.78 is 5.37. The Bertz CT molecular complexity index is 448. The summed E-state index contributed by atoms with van der Waals surface area (Å²) in [5.41, 5.74) is -1.15. The summed E-state index contributed by atoms with van der Waals surface area (Å²) in [5, 5.41) is 0. The fraction of sp³-hybridized carbons (Fsp3) is 0.864. The normalized spacial score (nSPS) is 12.9. The van der Waals surface area contributed by atoms with E-state index in [0.717, 1.165) is 0 Å². The first-order chi connectivity index (χ1) is 11.2. The third-order valence-corrected chi connectivity index (χ3v) is 3.72. The molecule has 0 atom stereocenters. The summed E-state index contributed by atoms with van der Waals surface area (Å²) in [6.07, 6.45) is 0.749. The maximum absolute atomic E-state index is 11.5. The molecule has 0 saturated carbocycles. The highest BCUT2D eigenvalue weighted by molar-refractivity contribution is 5.90. The molecule has 0 fully saturated rings. The molecule has 4 nitrogen and oxygen atoms in total. The van der Waals surface area contributed by atoms with Crippen LogP contribution in [0.25, 0.3) is 0 Å². The van der Waals surface area contributed by atoms with Crippen molar-refractivity contribution in [3.8, 4) is 0 Å². The van der Waals surface area contributed by atoms with Crippen molar-refractivity contribution in [3.63, 3.8) is 0 Å². The molecule has 0 aliphatic rings. The van der Waals surface area contributed by atoms with Crippen molar-refractivity contribution >= 4 is 17.3 Å². The van der Waals surface area contributed by atoms with E-state index in [1.165, 1.54) is 0 Å². The third kappa shape index (κ3) is 14.2. The number of Topliss-reactive ketones (excluding diaryl/α,β-unsaturated/α-hetero) is 3. The maximum Gasteiger partial charge on any atom is 0.163 e. The van der Waals surface area contributed by atoms with Gasteiger partial charge < -0.3 is 4.74 Å².